The third-order valence-electron chi connectivity index (χ3n) is 1.53. The van der Waals surface area contributed by atoms with E-state index in [9.17, 15) is 8.78 Å². The van der Waals surface area contributed by atoms with Crippen molar-refractivity contribution in [2.24, 2.45) is 0 Å². The molecule has 78 valence electrons. The van der Waals surface area contributed by atoms with E-state index in [4.69, 9.17) is 0 Å². The largest absolute Gasteiger partial charge is 0.373 e. The van der Waals surface area contributed by atoms with Gasteiger partial charge < -0.3 is 10.6 Å². The second kappa shape index (κ2) is 4.69. The zero-order chi connectivity index (χ0) is 10.6. The monoisotopic (exact) mass is 202 g/mol. The average molecular weight is 202 g/mol. The van der Waals surface area contributed by atoms with Crippen molar-refractivity contribution in [3.05, 3.63) is 11.9 Å². The summed E-state index contributed by atoms with van der Waals surface area (Å²) in [6.07, 6.45) is -2.39. The van der Waals surface area contributed by atoms with Crippen molar-refractivity contribution in [2.45, 2.75) is 13.3 Å². The summed E-state index contributed by atoms with van der Waals surface area (Å²) >= 11 is 0. The highest BCUT2D eigenvalue weighted by Gasteiger charge is 2.04. The first-order chi connectivity index (χ1) is 6.61. The summed E-state index contributed by atoms with van der Waals surface area (Å²) in [4.78, 5) is 7.99. The molecule has 6 heteroatoms. The molecule has 0 aliphatic rings. The maximum Gasteiger partial charge on any atom is 0.255 e. The van der Waals surface area contributed by atoms with Crippen molar-refractivity contribution in [3.63, 3.8) is 0 Å². The van der Waals surface area contributed by atoms with Crippen molar-refractivity contribution in [1.29, 1.82) is 0 Å². The Labute approximate surface area is 80.8 Å². The first kappa shape index (κ1) is 10.6. The molecule has 14 heavy (non-hydrogen) atoms. The zero-order valence-electron chi connectivity index (χ0n) is 8.01. The van der Waals surface area contributed by atoms with Gasteiger partial charge in [0.1, 0.15) is 17.5 Å². The van der Waals surface area contributed by atoms with Gasteiger partial charge in [-0.25, -0.2) is 18.7 Å². The van der Waals surface area contributed by atoms with Gasteiger partial charge in [0.25, 0.3) is 6.43 Å². The van der Waals surface area contributed by atoms with E-state index in [1.807, 2.05) is 0 Å². The van der Waals surface area contributed by atoms with E-state index in [2.05, 4.69) is 20.6 Å². The summed E-state index contributed by atoms with van der Waals surface area (Å²) in [6.45, 7) is 1.30. The molecule has 1 aromatic heterocycles. The summed E-state index contributed by atoms with van der Waals surface area (Å²) in [5.74, 6) is 1.55. The van der Waals surface area contributed by atoms with Gasteiger partial charge in [-0.05, 0) is 6.92 Å². The van der Waals surface area contributed by atoms with Crippen LogP contribution in [0, 0.1) is 6.92 Å². The highest BCUT2D eigenvalue weighted by molar-refractivity contribution is 5.47. The summed E-state index contributed by atoms with van der Waals surface area (Å²) in [5.41, 5.74) is 0. The summed E-state index contributed by atoms with van der Waals surface area (Å²) in [5, 5.41) is 5.34. The van der Waals surface area contributed by atoms with Crippen LogP contribution in [-0.4, -0.2) is 30.0 Å². The standard InChI is InChI=1S/C8H12F2N4/c1-5-13-7(11-2)3-8(14-5)12-4-6(9)10/h3,6H,4H2,1-2H3,(H2,11,12,13,14). The molecule has 4 nitrogen and oxygen atoms in total. The molecular weight excluding hydrogens is 190 g/mol. The number of aromatic nitrogens is 2. The number of alkyl halides is 2. The van der Waals surface area contributed by atoms with Crippen LogP contribution in [0.3, 0.4) is 0 Å². The van der Waals surface area contributed by atoms with Crippen molar-refractivity contribution in [1.82, 2.24) is 9.97 Å². The number of nitrogens with one attached hydrogen (secondary N) is 2. The Balaban J connectivity index is 2.71. The maximum atomic E-state index is 11.9. The molecule has 0 amide bonds. The van der Waals surface area contributed by atoms with Crippen molar-refractivity contribution >= 4 is 11.6 Å². The molecule has 0 aliphatic carbocycles. The minimum atomic E-state index is -2.39. The molecule has 0 unspecified atom stereocenters. The lowest BCUT2D eigenvalue weighted by atomic mass is 10.5. The van der Waals surface area contributed by atoms with E-state index in [1.54, 1.807) is 20.0 Å². The number of anilines is 2. The minimum absolute atomic E-state index is 0.403. The fourth-order valence-corrected chi connectivity index (χ4v) is 0.968. The highest BCUT2D eigenvalue weighted by Crippen LogP contribution is 2.10. The third kappa shape index (κ3) is 3.12. The number of aryl methyl sites for hydroxylation is 1. The first-order valence-corrected chi connectivity index (χ1v) is 4.17. The Morgan fingerprint density at radius 1 is 1.36 bits per heavy atom. The predicted molar refractivity (Wildman–Crippen MR) is 50.8 cm³/mol. The molecule has 0 aliphatic heterocycles. The lowest BCUT2D eigenvalue weighted by Crippen LogP contribution is -2.12. The molecule has 0 radical (unpaired) electrons. The van der Waals surface area contributed by atoms with Crippen LogP contribution < -0.4 is 10.6 Å². The second-order valence-electron chi connectivity index (χ2n) is 2.71. The van der Waals surface area contributed by atoms with Gasteiger partial charge in [0.2, 0.25) is 0 Å². The van der Waals surface area contributed by atoms with E-state index in [-0.39, 0.29) is 0 Å². The van der Waals surface area contributed by atoms with Gasteiger partial charge in [0.05, 0.1) is 6.54 Å². The Bertz CT molecular complexity index is 303. The van der Waals surface area contributed by atoms with Crippen LogP contribution >= 0.6 is 0 Å². The molecule has 0 saturated carbocycles. The fourth-order valence-electron chi connectivity index (χ4n) is 0.968. The number of halogens is 2. The molecule has 0 saturated heterocycles. The van der Waals surface area contributed by atoms with E-state index in [0.29, 0.717) is 17.5 Å². The van der Waals surface area contributed by atoms with Gasteiger partial charge >= 0.3 is 0 Å². The van der Waals surface area contributed by atoms with Crippen LogP contribution in [0.25, 0.3) is 0 Å². The molecular formula is C8H12F2N4. The average Bonchev–Trinajstić information content (AvgIpc) is 2.14. The Morgan fingerprint density at radius 2 is 2.00 bits per heavy atom. The Morgan fingerprint density at radius 3 is 2.57 bits per heavy atom. The van der Waals surface area contributed by atoms with Gasteiger partial charge in [0, 0.05) is 13.1 Å². The number of hydrogen-bond donors (Lipinski definition) is 2. The smallest absolute Gasteiger partial charge is 0.255 e. The van der Waals surface area contributed by atoms with Gasteiger partial charge in [-0.3, -0.25) is 0 Å². The maximum absolute atomic E-state index is 11.9. The van der Waals surface area contributed by atoms with Crippen LogP contribution in [0.15, 0.2) is 6.07 Å². The molecule has 0 bridgehead atoms. The summed E-state index contributed by atoms with van der Waals surface area (Å²) < 4.78 is 23.8. The number of hydrogen-bond acceptors (Lipinski definition) is 4. The summed E-state index contributed by atoms with van der Waals surface area (Å²) in [6, 6.07) is 1.58. The van der Waals surface area contributed by atoms with E-state index in [0.717, 1.165) is 0 Å². The highest BCUT2D eigenvalue weighted by atomic mass is 19.3. The predicted octanol–water partition coefficient (Wildman–Crippen LogP) is 1.50. The number of rotatable bonds is 4. The molecule has 0 atom stereocenters. The zero-order valence-corrected chi connectivity index (χ0v) is 8.01. The van der Waals surface area contributed by atoms with Gasteiger partial charge in [-0.15, -0.1) is 0 Å². The quantitative estimate of drug-likeness (QED) is 0.776. The van der Waals surface area contributed by atoms with E-state index >= 15 is 0 Å². The molecule has 0 fully saturated rings. The van der Waals surface area contributed by atoms with Crippen LogP contribution in [0.4, 0.5) is 20.4 Å². The topological polar surface area (TPSA) is 49.8 Å². The molecule has 2 N–H and O–H groups in total. The first-order valence-electron chi connectivity index (χ1n) is 4.17. The van der Waals surface area contributed by atoms with E-state index in [1.165, 1.54) is 0 Å². The van der Waals surface area contributed by atoms with Crippen molar-refractivity contribution in [2.75, 3.05) is 24.2 Å². The van der Waals surface area contributed by atoms with Crippen molar-refractivity contribution in [3.8, 4) is 0 Å². The lowest BCUT2D eigenvalue weighted by Gasteiger charge is -2.07. The second-order valence-corrected chi connectivity index (χ2v) is 2.71. The molecule has 1 aromatic rings. The third-order valence-corrected chi connectivity index (χ3v) is 1.53. The van der Waals surface area contributed by atoms with E-state index < -0.39 is 13.0 Å². The molecule has 0 spiro atoms. The molecule has 1 rings (SSSR count). The SMILES string of the molecule is CNc1cc(NCC(F)F)nc(C)n1. The van der Waals surface area contributed by atoms with Crippen LogP contribution in [0.2, 0.25) is 0 Å². The fraction of sp³-hybridized carbons (Fsp3) is 0.500. The molecule has 1 heterocycles. The number of nitrogens with zero attached hydrogens (tertiary/aromatic N) is 2. The van der Waals surface area contributed by atoms with Gasteiger partial charge in [0.15, 0.2) is 0 Å². The van der Waals surface area contributed by atoms with Crippen LogP contribution in [-0.2, 0) is 0 Å². The van der Waals surface area contributed by atoms with Crippen LogP contribution in [0.1, 0.15) is 5.82 Å². The van der Waals surface area contributed by atoms with Gasteiger partial charge in [-0.2, -0.15) is 0 Å². The Hall–Kier alpha value is -1.46. The normalized spacial score (nSPS) is 10.4. The minimum Gasteiger partial charge on any atom is -0.373 e. The lowest BCUT2D eigenvalue weighted by molar-refractivity contribution is 0.163. The van der Waals surface area contributed by atoms with Crippen LogP contribution in [0.5, 0.6) is 0 Å². The van der Waals surface area contributed by atoms with Gasteiger partial charge in [-0.1, -0.05) is 0 Å². The summed E-state index contributed by atoms with van der Waals surface area (Å²) in [7, 11) is 1.71. The molecule has 0 aromatic carbocycles. The van der Waals surface area contributed by atoms with Crippen molar-refractivity contribution < 1.29 is 8.78 Å². The Kier molecular flexibility index (Phi) is 3.55.